The van der Waals surface area contributed by atoms with Gasteiger partial charge in [-0.25, -0.2) is 8.42 Å². The Bertz CT molecular complexity index is 596. The topological polar surface area (TPSA) is 101 Å². The number of rotatable bonds is 5. The molecule has 1 amide bonds. The van der Waals surface area contributed by atoms with E-state index < -0.39 is 22.0 Å². The van der Waals surface area contributed by atoms with Crippen LogP contribution in [-0.4, -0.2) is 26.9 Å². The maximum absolute atomic E-state index is 12.2. The minimum absolute atomic E-state index is 0.0851. The van der Waals surface area contributed by atoms with Crippen LogP contribution in [0.4, 0.5) is 5.69 Å². The standard InChI is InChI=1S/C11H15Cl2N3O3S/c1-3-15-11(17)6(2)16-20(18,19)10-8(13)4-7(12)5-9(10)14/h4-6,16H,3,14H2,1-2H3,(H,15,17). The van der Waals surface area contributed by atoms with Gasteiger partial charge < -0.3 is 11.1 Å². The molecule has 0 bridgehead atoms. The van der Waals surface area contributed by atoms with Crippen molar-refractivity contribution in [1.82, 2.24) is 10.0 Å². The number of nitrogen functional groups attached to an aromatic ring is 1. The Kier molecular flexibility index (Phi) is 5.64. The third-order valence-corrected chi connectivity index (χ3v) is 4.67. The third-order valence-electron chi connectivity index (χ3n) is 2.38. The Balaban J connectivity index is 3.10. The highest BCUT2D eigenvalue weighted by atomic mass is 35.5. The molecule has 1 atom stereocenters. The van der Waals surface area contributed by atoms with Crippen molar-refractivity contribution in [1.29, 1.82) is 0 Å². The first-order valence-electron chi connectivity index (χ1n) is 5.73. The van der Waals surface area contributed by atoms with E-state index in [0.717, 1.165) is 0 Å². The first-order valence-corrected chi connectivity index (χ1v) is 7.97. The Labute approximate surface area is 127 Å². The van der Waals surface area contributed by atoms with Crippen LogP contribution in [-0.2, 0) is 14.8 Å². The summed E-state index contributed by atoms with van der Waals surface area (Å²) in [5.41, 5.74) is 5.55. The van der Waals surface area contributed by atoms with Gasteiger partial charge in [-0.15, -0.1) is 0 Å². The molecule has 0 fully saturated rings. The number of anilines is 1. The van der Waals surface area contributed by atoms with E-state index in [1.807, 2.05) is 0 Å². The molecule has 9 heteroatoms. The van der Waals surface area contributed by atoms with E-state index in [1.54, 1.807) is 6.92 Å². The molecule has 0 spiro atoms. The molecular weight excluding hydrogens is 325 g/mol. The summed E-state index contributed by atoms with van der Waals surface area (Å²) >= 11 is 11.6. The van der Waals surface area contributed by atoms with Crippen molar-refractivity contribution in [3.8, 4) is 0 Å². The number of nitrogens with one attached hydrogen (secondary N) is 2. The molecule has 0 aliphatic carbocycles. The molecule has 1 aromatic carbocycles. The number of hydrogen-bond donors (Lipinski definition) is 3. The zero-order valence-corrected chi connectivity index (χ0v) is 13.2. The Morgan fingerprint density at radius 3 is 2.50 bits per heavy atom. The van der Waals surface area contributed by atoms with Gasteiger partial charge in [0.05, 0.1) is 16.8 Å². The van der Waals surface area contributed by atoms with Crippen molar-refractivity contribution in [2.45, 2.75) is 24.8 Å². The van der Waals surface area contributed by atoms with Gasteiger partial charge in [0, 0.05) is 11.6 Å². The number of nitrogens with two attached hydrogens (primary N) is 1. The van der Waals surface area contributed by atoms with Crippen molar-refractivity contribution in [3.05, 3.63) is 22.2 Å². The summed E-state index contributed by atoms with van der Waals surface area (Å²) in [5.74, 6) is -0.445. The van der Waals surface area contributed by atoms with Crippen molar-refractivity contribution >= 4 is 44.8 Å². The summed E-state index contributed by atoms with van der Waals surface area (Å²) in [7, 11) is -4.03. The fourth-order valence-corrected chi connectivity index (χ4v) is 3.73. The zero-order chi connectivity index (χ0) is 15.5. The molecule has 0 saturated carbocycles. The number of likely N-dealkylation sites (N-methyl/N-ethyl adjacent to an activating group) is 1. The number of sulfonamides is 1. The second-order valence-electron chi connectivity index (χ2n) is 4.04. The molecule has 1 rings (SSSR count). The average Bonchev–Trinajstić information content (AvgIpc) is 2.26. The average molecular weight is 340 g/mol. The lowest BCUT2D eigenvalue weighted by atomic mass is 10.3. The molecule has 6 nitrogen and oxygen atoms in total. The predicted octanol–water partition coefficient (Wildman–Crippen LogP) is 1.38. The summed E-state index contributed by atoms with van der Waals surface area (Å²) in [5, 5.41) is 2.63. The van der Waals surface area contributed by atoms with Crippen LogP contribution in [0, 0.1) is 0 Å². The molecule has 112 valence electrons. The summed E-state index contributed by atoms with van der Waals surface area (Å²) in [6.45, 7) is 3.55. The molecule has 4 N–H and O–H groups in total. The smallest absolute Gasteiger partial charge is 0.244 e. The van der Waals surface area contributed by atoms with Gasteiger partial charge in [-0.1, -0.05) is 23.2 Å². The summed E-state index contributed by atoms with van der Waals surface area (Å²) in [4.78, 5) is 11.3. The van der Waals surface area contributed by atoms with Crippen LogP contribution in [0.1, 0.15) is 13.8 Å². The highest BCUT2D eigenvalue weighted by Gasteiger charge is 2.26. The Hall–Kier alpha value is -1.02. The molecule has 20 heavy (non-hydrogen) atoms. The van der Waals surface area contributed by atoms with Gasteiger partial charge in [0.2, 0.25) is 15.9 Å². The van der Waals surface area contributed by atoms with Crippen LogP contribution in [0.3, 0.4) is 0 Å². The summed E-state index contributed by atoms with van der Waals surface area (Å²) in [6, 6.07) is 1.59. The van der Waals surface area contributed by atoms with Gasteiger partial charge in [0.1, 0.15) is 4.90 Å². The highest BCUT2D eigenvalue weighted by Crippen LogP contribution is 2.31. The lowest BCUT2D eigenvalue weighted by Gasteiger charge is -2.15. The molecular formula is C11H15Cl2N3O3S. The van der Waals surface area contributed by atoms with E-state index in [0.29, 0.717) is 6.54 Å². The van der Waals surface area contributed by atoms with E-state index in [9.17, 15) is 13.2 Å². The number of benzene rings is 1. The fraction of sp³-hybridized carbons (Fsp3) is 0.364. The van der Waals surface area contributed by atoms with Gasteiger partial charge in [0.25, 0.3) is 0 Å². The SMILES string of the molecule is CCNC(=O)C(C)NS(=O)(=O)c1c(N)cc(Cl)cc1Cl. The van der Waals surface area contributed by atoms with Crippen LogP contribution in [0.5, 0.6) is 0 Å². The molecule has 0 aliphatic rings. The predicted molar refractivity (Wildman–Crippen MR) is 79.3 cm³/mol. The molecule has 0 radical (unpaired) electrons. The number of carbonyl (C=O) groups excluding carboxylic acids is 1. The summed E-state index contributed by atoms with van der Waals surface area (Å²) < 4.78 is 26.6. The monoisotopic (exact) mass is 339 g/mol. The number of halogens is 2. The minimum Gasteiger partial charge on any atom is -0.398 e. The summed E-state index contributed by atoms with van der Waals surface area (Å²) in [6.07, 6.45) is 0. The Morgan fingerprint density at radius 2 is 2.00 bits per heavy atom. The van der Waals surface area contributed by atoms with Gasteiger partial charge in [0.15, 0.2) is 0 Å². The van der Waals surface area contributed by atoms with E-state index in [-0.39, 0.29) is 20.6 Å². The third kappa shape index (κ3) is 3.99. The van der Waals surface area contributed by atoms with Gasteiger partial charge in [-0.2, -0.15) is 4.72 Å². The van der Waals surface area contributed by atoms with Crippen molar-refractivity contribution < 1.29 is 13.2 Å². The van der Waals surface area contributed by atoms with E-state index in [4.69, 9.17) is 28.9 Å². The van der Waals surface area contributed by atoms with Crippen molar-refractivity contribution in [3.63, 3.8) is 0 Å². The second kappa shape index (κ2) is 6.62. The van der Waals surface area contributed by atoms with Crippen LogP contribution >= 0.6 is 23.2 Å². The quantitative estimate of drug-likeness (QED) is 0.705. The highest BCUT2D eigenvalue weighted by molar-refractivity contribution is 7.89. The molecule has 0 aromatic heterocycles. The van der Waals surface area contributed by atoms with Gasteiger partial charge >= 0.3 is 0 Å². The molecule has 0 heterocycles. The number of carbonyl (C=O) groups is 1. The zero-order valence-electron chi connectivity index (χ0n) is 10.9. The van der Waals surface area contributed by atoms with E-state index in [1.165, 1.54) is 19.1 Å². The molecule has 0 saturated heterocycles. The Morgan fingerprint density at radius 1 is 1.40 bits per heavy atom. The first kappa shape index (κ1) is 17.0. The van der Waals surface area contributed by atoms with Gasteiger partial charge in [-0.05, 0) is 26.0 Å². The second-order valence-corrected chi connectivity index (χ2v) is 6.54. The van der Waals surface area contributed by atoms with E-state index >= 15 is 0 Å². The van der Waals surface area contributed by atoms with E-state index in [2.05, 4.69) is 10.0 Å². The maximum Gasteiger partial charge on any atom is 0.244 e. The van der Waals surface area contributed by atoms with Gasteiger partial charge in [-0.3, -0.25) is 4.79 Å². The largest absolute Gasteiger partial charge is 0.398 e. The lowest BCUT2D eigenvalue weighted by molar-refractivity contribution is -0.122. The normalized spacial score (nSPS) is 13.0. The van der Waals surface area contributed by atoms with Crippen LogP contribution in [0.25, 0.3) is 0 Å². The fourth-order valence-electron chi connectivity index (χ4n) is 1.54. The number of amides is 1. The van der Waals surface area contributed by atoms with Crippen LogP contribution < -0.4 is 15.8 Å². The van der Waals surface area contributed by atoms with Crippen molar-refractivity contribution in [2.75, 3.05) is 12.3 Å². The molecule has 1 aromatic rings. The minimum atomic E-state index is -4.03. The maximum atomic E-state index is 12.2. The first-order chi connectivity index (χ1) is 9.19. The van der Waals surface area contributed by atoms with Crippen LogP contribution in [0.15, 0.2) is 17.0 Å². The molecule has 1 unspecified atom stereocenters. The van der Waals surface area contributed by atoms with Crippen LogP contribution in [0.2, 0.25) is 10.0 Å². The molecule has 0 aliphatic heterocycles. The number of hydrogen-bond acceptors (Lipinski definition) is 4. The van der Waals surface area contributed by atoms with Crippen molar-refractivity contribution in [2.24, 2.45) is 0 Å². The lowest BCUT2D eigenvalue weighted by Crippen LogP contribution is -2.44.